The summed E-state index contributed by atoms with van der Waals surface area (Å²) in [6, 6.07) is 13.3. The average molecular weight is 403 g/mol. The van der Waals surface area contributed by atoms with E-state index < -0.39 is 0 Å². The fraction of sp³-hybridized carbons (Fsp3) is 0.333. The molecule has 1 aromatic heterocycles. The highest BCUT2D eigenvalue weighted by atomic mass is 79.9. The molecule has 1 aromatic carbocycles. The number of rotatable bonds is 6. The maximum Gasteiger partial charge on any atom is 0.0701 e. The van der Waals surface area contributed by atoms with E-state index >= 15 is 0 Å². The lowest BCUT2D eigenvalue weighted by atomic mass is 10.0. The minimum atomic E-state index is 0.378. The highest BCUT2D eigenvalue weighted by Crippen LogP contribution is 2.28. The van der Waals surface area contributed by atoms with Crippen LogP contribution in [0.4, 0.5) is 0 Å². The van der Waals surface area contributed by atoms with Crippen molar-refractivity contribution in [3.63, 3.8) is 0 Å². The molecule has 0 saturated heterocycles. The average Bonchev–Trinajstić information content (AvgIpc) is 2.80. The van der Waals surface area contributed by atoms with Gasteiger partial charge in [0.2, 0.25) is 0 Å². The molecule has 0 amide bonds. The number of nitrogens with one attached hydrogen (secondary N) is 1. The van der Waals surface area contributed by atoms with Gasteiger partial charge in [-0.3, -0.25) is 0 Å². The van der Waals surface area contributed by atoms with Crippen molar-refractivity contribution in [1.29, 1.82) is 0 Å². The van der Waals surface area contributed by atoms with Crippen molar-refractivity contribution < 1.29 is 0 Å². The molecule has 102 valence electrons. The van der Waals surface area contributed by atoms with E-state index in [1.165, 1.54) is 14.2 Å². The predicted molar refractivity (Wildman–Crippen MR) is 90.9 cm³/mol. The molecule has 2 aromatic rings. The second-order valence-electron chi connectivity index (χ2n) is 4.47. The van der Waals surface area contributed by atoms with Gasteiger partial charge in [-0.15, -0.1) is 11.3 Å². The van der Waals surface area contributed by atoms with Crippen LogP contribution in [-0.4, -0.2) is 6.54 Å². The molecule has 1 atom stereocenters. The van der Waals surface area contributed by atoms with Crippen molar-refractivity contribution in [2.45, 2.75) is 25.8 Å². The second kappa shape index (κ2) is 7.58. The number of halogens is 2. The molecule has 0 radical (unpaired) electrons. The molecular weight excluding hydrogens is 386 g/mol. The summed E-state index contributed by atoms with van der Waals surface area (Å²) in [6.45, 7) is 3.25. The fourth-order valence-corrected chi connectivity index (χ4v) is 3.96. The SMILES string of the molecule is CCCNC(Cc1ccc(Br)s1)c1cccc(Br)c1. The van der Waals surface area contributed by atoms with Crippen LogP contribution >= 0.6 is 43.2 Å². The summed E-state index contributed by atoms with van der Waals surface area (Å²) < 4.78 is 2.34. The number of hydrogen-bond acceptors (Lipinski definition) is 2. The summed E-state index contributed by atoms with van der Waals surface area (Å²) in [5.74, 6) is 0. The molecule has 0 bridgehead atoms. The lowest BCUT2D eigenvalue weighted by Gasteiger charge is -2.18. The van der Waals surface area contributed by atoms with Gasteiger partial charge < -0.3 is 5.32 Å². The Hall–Kier alpha value is -0.160. The Morgan fingerprint density at radius 1 is 1.21 bits per heavy atom. The van der Waals surface area contributed by atoms with Gasteiger partial charge in [-0.1, -0.05) is 35.0 Å². The minimum absolute atomic E-state index is 0.378. The molecule has 0 saturated carbocycles. The lowest BCUT2D eigenvalue weighted by Crippen LogP contribution is -2.23. The molecule has 1 unspecified atom stereocenters. The Morgan fingerprint density at radius 2 is 2.05 bits per heavy atom. The summed E-state index contributed by atoms with van der Waals surface area (Å²) in [5, 5.41) is 3.64. The van der Waals surface area contributed by atoms with E-state index in [1.807, 2.05) is 11.3 Å². The van der Waals surface area contributed by atoms with E-state index in [0.29, 0.717) is 6.04 Å². The summed E-state index contributed by atoms with van der Waals surface area (Å²) in [6.07, 6.45) is 2.19. The first-order chi connectivity index (χ1) is 9.19. The Labute approximate surface area is 135 Å². The van der Waals surface area contributed by atoms with Crippen LogP contribution in [0.5, 0.6) is 0 Å². The summed E-state index contributed by atoms with van der Waals surface area (Å²) in [4.78, 5) is 1.40. The van der Waals surface area contributed by atoms with Crippen LogP contribution in [0.3, 0.4) is 0 Å². The third-order valence-electron chi connectivity index (χ3n) is 2.93. The summed E-state index contributed by atoms with van der Waals surface area (Å²) in [7, 11) is 0. The van der Waals surface area contributed by atoms with Crippen LogP contribution in [0, 0.1) is 0 Å². The van der Waals surface area contributed by atoms with Gasteiger partial charge in [-0.05, 0) is 58.7 Å². The molecule has 1 N–H and O–H groups in total. The van der Waals surface area contributed by atoms with Crippen LogP contribution in [-0.2, 0) is 6.42 Å². The van der Waals surface area contributed by atoms with E-state index in [-0.39, 0.29) is 0 Å². The summed E-state index contributed by atoms with van der Waals surface area (Å²) >= 11 is 8.90. The molecule has 1 heterocycles. The largest absolute Gasteiger partial charge is 0.310 e. The molecule has 0 spiro atoms. The highest BCUT2D eigenvalue weighted by molar-refractivity contribution is 9.11. The van der Waals surface area contributed by atoms with Crippen LogP contribution in [0.1, 0.15) is 29.8 Å². The van der Waals surface area contributed by atoms with Crippen molar-refractivity contribution in [3.8, 4) is 0 Å². The molecule has 0 aliphatic heterocycles. The predicted octanol–water partition coefficient (Wildman–Crippen LogP) is 5.56. The van der Waals surface area contributed by atoms with Crippen molar-refractivity contribution in [3.05, 3.63) is 55.1 Å². The molecule has 2 rings (SSSR count). The zero-order chi connectivity index (χ0) is 13.7. The van der Waals surface area contributed by atoms with Gasteiger partial charge in [0.25, 0.3) is 0 Å². The lowest BCUT2D eigenvalue weighted by molar-refractivity contribution is 0.532. The summed E-state index contributed by atoms with van der Waals surface area (Å²) in [5.41, 5.74) is 1.34. The van der Waals surface area contributed by atoms with Crippen LogP contribution in [0.2, 0.25) is 0 Å². The third-order valence-corrected chi connectivity index (χ3v) is 5.07. The van der Waals surface area contributed by atoms with Crippen LogP contribution in [0.15, 0.2) is 44.7 Å². The van der Waals surface area contributed by atoms with Gasteiger partial charge >= 0.3 is 0 Å². The highest BCUT2D eigenvalue weighted by Gasteiger charge is 2.13. The van der Waals surface area contributed by atoms with Crippen molar-refractivity contribution in [2.75, 3.05) is 6.54 Å². The Balaban J connectivity index is 2.15. The standard InChI is InChI=1S/C15H17Br2NS/c1-2-8-18-14(10-13-6-7-15(17)19-13)11-4-3-5-12(16)9-11/h3-7,9,14,18H,2,8,10H2,1H3. The van der Waals surface area contributed by atoms with Gasteiger partial charge in [-0.25, -0.2) is 0 Å². The fourth-order valence-electron chi connectivity index (χ4n) is 2.01. The van der Waals surface area contributed by atoms with Crippen molar-refractivity contribution >= 4 is 43.2 Å². The normalized spacial score (nSPS) is 12.6. The zero-order valence-electron chi connectivity index (χ0n) is 10.8. The van der Waals surface area contributed by atoms with Gasteiger partial charge in [0.1, 0.15) is 0 Å². The van der Waals surface area contributed by atoms with Gasteiger partial charge in [-0.2, -0.15) is 0 Å². The maximum absolute atomic E-state index is 3.64. The van der Waals surface area contributed by atoms with Crippen molar-refractivity contribution in [2.24, 2.45) is 0 Å². The zero-order valence-corrected chi connectivity index (χ0v) is 14.8. The van der Waals surface area contributed by atoms with Crippen LogP contribution in [0.25, 0.3) is 0 Å². The topological polar surface area (TPSA) is 12.0 Å². The Bertz CT molecular complexity index is 524. The number of thiophene rings is 1. The number of benzene rings is 1. The third kappa shape index (κ3) is 4.71. The Kier molecular flexibility index (Phi) is 6.07. The minimum Gasteiger partial charge on any atom is -0.310 e. The molecule has 1 nitrogen and oxygen atoms in total. The first-order valence-electron chi connectivity index (χ1n) is 6.42. The van der Waals surface area contributed by atoms with E-state index in [0.717, 1.165) is 23.9 Å². The van der Waals surface area contributed by atoms with Gasteiger partial charge in [0.05, 0.1) is 3.79 Å². The molecule has 4 heteroatoms. The number of hydrogen-bond donors (Lipinski definition) is 1. The van der Waals surface area contributed by atoms with E-state index in [4.69, 9.17) is 0 Å². The van der Waals surface area contributed by atoms with Gasteiger partial charge in [0, 0.05) is 21.8 Å². The van der Waals surface area contributed by atoms with Crippen molar-refractivity contribution in [1.82, 2.24) is 5.32 Å². The molecular formula is C15H17Br2NS. The first kappa shape index (κ1) is 15.2. The molecule has 0 fully saturated rings. The molecule has 19 heavy (non-hydrogen) atoms. The van der Waals surface area contributed by atoms with Crippen LogP contribution < -0.4 is 5.32 Å². The smallest absolute Gasteiger partial charge is 0.0701 e. The molecule has 0 aliphatic carbocycles. The monoisotopic (exact) mass is 401 g/mol. The van der Waals surface area contributed by atoms with E-state index in [9.17, 15) is 0 Å². The Morgan fingerprint density at radius 3 is 2.68 bits per heavy atom. The maximum atomic E-state index is 3.64. The molecule has 0 aliphatic rings. The van der Waals surface area contributed by atoms with E-state index in [2.05, 4.69) is 80.5 Å². The second-order valence-corrected chi connectivity index (χ2v) is 7.93. The first-order valence-corrected chi connectivity index (χ1v) is 8.82. The quantitative estimate of drug-likeness (QED) is 0.667. The van der Waals surface area contributed by atoms with E-state index in [1.54, 1.807) is 0 Å². The van der Waals surface area contributed by atoms with Gasteiger partial charge in [0.15, 0.2) is 0 Å².